The van der Waals surface area contributed by atoms with Gasteiger partial charge in [-0.2, -0.15) is 0 Å². The smallest absolute Gasteiger partial charge is 0.289 e. The van der Waals surface area contributed by atoms with Crippen molar-refractivity contribution in [1.82, 2.24) is 4.90 Å². The normalized spacial score (nSPS) is 22.6. The van der Waals surface area contributed by atoms with Crippen LogP contribution in [0.1, 0.15) is 12.5 Å². The van der Waals surface area contributed by atoms with E-state index in [1.165, 1.54) is 24.3 Å². The van der Waals surface area contributed by atoms with E-state index in [1.54, 1.807) is 6.92 Å². The standard InChI is InChI=1S/C12H13FN2O2S.BrH/c1-12(8-2-4-9(13)5-3-8)10(16)15(7-6-14)11(17)18-12;/h2-5H,6-7,14H2,1H3;1H. The van der Waals surface area contributed by atoms with Crippen LogP contribution >= 0.6 is 28.7 Å². The number of nitrogens with two attached hydrogens (primary N) is 1. The van der Waals surface area contributed by atoms with Crippen molar-refractivity contribution in [2.24, 2.45) is 5.73 Å². The monoisotopic (exact) mass is 348 g/mol. The Morgan fingerprint density at radius 1 is 1.32 bits per heavy atom. The highest BCUT2D eigenvalue weighted by atomic mass is 79.9. The molecule has 1 aromatic rings. The van der Waals surface area contributed by atoms with Crippen LogP contribution in [-0.4, -0.2) is 29.1 Å². The first-order valence-corrected chi connectivity index (χ1v) is 6.32. The van der Waals surface area contributed by atoms with Crippen LogP contribution in [0.15, 0.2) is 24.3 Å². The van der Waals surface area contributed by atoms with Crippen LogP contribution in [0, 0.1) is 5.82 Å². The number of carbonyl (C=O) groups excluding carboxylic acids is 2. The fourth-order valence-electron chi connectivity index (χ4n) is 1.89. The molecule has 1 aliphatic rings. The van der Waals surface area contributed by atoms with Gasteiger partial charge in [-0.15, -0.1) is 17.0 Å². The number of benzene rings is 1. The first-order valence-electron chi connectivity index (χ1n) is 5.50. The van der Waals surface area contributed by atoms with Crippen molar-refractivity contribution in [2.75, 3.05) is 13.1 Å². The molecule has 104 valence electrons. The molecule has 7 heteroatoms. The predicted molar refractivity (Wildman–Crippen MR) is 77.8 cm³/mol. The molecule has 0 radical (unpaired) electrons. The van der Waals surface area contributed by atoms with Gasteiger partial charge in [0.05, 0.1) is 0 Å². The Balaban J connectivity index is 0.00000180. The summed E-state index contributed by atoms with van der Waals surface area (Å²) < 4.78 is 11.9. The second-order valence-electron chi connectivity index (χ2n) is 4.15. The number of carbonyl (C=O) groups is 2. The van der Waals surface area contributed by atoms with Crippen molar-refractivity contribution in [2.45, 2.75) is 11.7 Å². The van der Waals surface area contributed by atoms with Gasteiger partial charge < -0.3 is 5.73 Å². The zero-order chi connectivity index (χ0) is 13.3. The minimum atomic E-state index is -0.986. The number of hydrogen-bond donors (Lipinski definition) is 1. The molecular formula is C12H14BrFN2O2S. The molecule has 0 aliphatic carbocycles. The van der Waals surface area contributed by atoms with Gasteiger partial charge in [0.15, 0.2) is 0 Å². The predicted octanol–water partition coefficient (Wildman–Crippen LogP) is 2.27. The first-order chi connectivity index (χ1) is 8.49. The first kappa shape index (κ1) is 16.1. The molecule has 1 unspecified atom stereocenters. The second-order valence-corrected chi connectivity index (χ2v) is 5.52. The SMILES string of the molecule is Br.CC1(c2ccc(F)cc2)SC(=O)N(CCN)C1=O. The van der Waals surface area contributed by atoms with Crippen molar-refractivity contribution in [3.05, 3.63) is 35.6 Å². The molecule has 1 aromatic carbocycles. The molecule has 4 nitrogen and oxygen atoms in total. The van der Waals surface area contributed by atoms with E-state index in [0.29, 0.717) is 5.56 Å². The summed E-state index contributed by atoms with van der Waals surface area (Å²) in [6.07, 6.45) is 0. The lowest BCUT2D eigenvalue weighted by atomic mass is 9.99. The zero-order valence-electron chi connectivity index (χ0n) is 10.3. The van der Waals surface area contributed by atoms with E-state index >= 15 is 0 Å². The maximum atomic E-state index is 12.9. The molecule has 0 aromatic heterocycles. The van der Waals surface area contributed by atoms with Gasteiger partial charge in [0.25, 0.3) is 11.1 Å². The van der Waals surface area contributed by atoms with Crippen molar-refractivity contribution in [3.63, 3.8) is 0 Å². The average molecular weight is 349 g/mol. The third kappa shape index (κ3) is 2.82. The highest BCUT2D eigenvalue weighted by molar-refractivity contribution is 8.93. The van der Waals surface area contributed by atoms with Gasteiger partial charge in [0, 0.05) is 13.1 Å². The van der Waals surface area contributed by atoms with Crippen LogP contribution in [0.25, 0.3) is 0 Å². The largest absolute Gasteiger partial charge is 0.329 e. The summed E-state index contributed by atoms with van der Waals surface area (Å²) in [5, 5.41) is -0.308. The molecule has 2 rings (SSSR count). The van der Waals surface area contributed by atoms with Crippen molar-refractivity contribution < 1.29 is 14.0 Å². The Kier molecular flexibility index (Phi) is 5.11. The summed E-state index contributed by atoms with van der Waals surface area (Å²) in [5.74, 6) is -0.669. The van der Waals surface area contributed by atoms with Crippen LogP contribution < -0.4 is 5.73 Å². The van der Waals surface area contributed by atoms with Crippen LogP contribution in [0.2, 0.25) is 0 Å². The molecule has 0 spiro atoms. The molecule has 19 heavy (non-hydrogen) atoms. The third-order valence-electron chi connectivity index (χ3n) is 2.91. The van der Waals surface area contributed by atoms with Crippen molar-refractivity contribution >= 4 is 39.9 Å². The number of hydrogen-bond acceptors (Lipinski definition) is 4. The molecule has 2 amide bonds. The molecule has 1 saturated heterocycles. The highest BCUT2D eigenvalue weighted by Crippen LogP contribution is 2.44. The minimum Gasteiger partial charge on any atom is -0.329 e. The average Bonchev–Trinajstić information content (AvgIpc) is 2.55. The van der Waals surface area contributed by atoms with E-state index in [1.807, 2.05) is 0 Å². The number of thioether (sulfide) groups is 1. The summed E-state index contributed by atoms with van der Waals surface area (Å²) in [6.45, 7) is 2.11. The third-order valence-corrected chi connectivity index (χ3v) is 4.13. The molecule has 2 N–H and O–H groups in total. The minimum absolute atomic E-state index is 0. The summed E-state index contributed by atoms with van der Waals surface area (Å²) in [6, 6.07) is 5.62. The maximum absolute atomic E-state index is 12.9. The van der Waals surface area contributed by atoms with E-state index < -0.39 is 4.75 Å². The molecule has 1 atom stereocenters. The summed E-state index contributed by atoms with van der Waals surface area (Å²) >= 11 is 0.942. The Morgan fingerprint density at radius 2 is 1.89 bits per heavy atom. The fraction of sp³-hybridized carbons (Fsp3) is 0.333. The van der Waals surface area contributed by atoms with Gasteiger partial charge in [-0.25, -0.2) is 4.39 Å². The number of nitrogens with zero attached hydrogens (tertiary/aromatic N) is 1. The molecule has 0 bridgehead atoms. The molecule has 1 fully saturated rings. The Hall–Kier alpha value is -0.920. The van der Waals surface area contributed by atoms with E-state index in [2.05, 4.69) is 0 Å². The van der Waals surface area contributed by atoms with Crippen LogP contribution in [0.3, 0.4) is 0 Å². The van der Waals surface area contributed by atoms with Crippen LogP contribution in [0.5, 0.6) is 0 Å². The molecule has 1 aliphatic heterocycles. The van der Waals surface area contributed by atoms with E-state index in [-0.39, 0.29) is 47.0 Å². The van der Waals surface area contributed by atoms with Crippen molar-refractivity contribution in [3.8, 4) is 0 Å². The number of imide groups is 1. The van der Waals surface area contributed by atoms with E-state index in [0.717, 1.165) is 16.7 Å². The quantitative estimate of drug-likeness (QED) is 0.909. The van der Waals surface area contributed by atoms with Gasteiger partial charge >= 0.3 is 0 Å². The second kappa shape index (κ2) is 6.02. The summed E-state index contributed by atoms with van der Waals surface area (Å²) in [4.78, 5) is 25.2. The van der Waals surface area contributed by atoms with Gasteiger partial charge in [-0.05, 0) is 36.4 Å². The maximum Gasteiger partial charge on any atom is 0.289 e. The lowest BCUT2D eigenvalue weighted by molar-refractivity contribution is -0.129. The lowest BCUT2D eigenvalue weighted by Gasteiger charge is -2.21. The Labute approximate surface area is 125 Å². The summed E-state index contributed by atoms with van der Waals surface area (Å²) in [7, 11) is 0. The molecule has 1 heterocycles. The number of amides is 2. The van der Waals surface area contributed by atoms with Gasteiger partial charge in [0.1, 0.15) is 10.6 Å². The number of halogens is 2. The van der Waals surface area contributed by atoms with Crippen LogP contribution in [-0.2, 0) is 9.54 Å². The Morgan fingerprint density at radius 3 is 2.42 bits per heavy atom. The zero-order valence-corrected chi connectivity index (χ0v) is 12.8. The molecular weight excluding hydrogens is 335 g/mol. The van der Waals surface area contributed by atoms with Crippen molar-refractivity contribution in [1.29, 1.82) is 0 Å². The van der Waals surface area contributed by atoms with E-state index in [9.17, 15) is 14.0 Å². The fourth-order valence-corrected chi connectivity index (χ4v) is 2.97. The topological polar surface area (TPSA) is 63.4 Å². The van der Waals surface area contributed by atoms with Gasteiger partial charge in [-0.1, -0.05) is 12.1 Å². The van der Waals surface area contributed by atoms with Gasteiger partial charge in [-0.3, -0.25) is 14.5 Å². The lowest BCUT2D eigenvalue weighted by Crippen LogP contribution is -2.38. The molecule has 0 saturated carbocycles. The van der Waals surface area contributed by atoms with Gasteiger partial charge in [0.2, 0.25) is 0 Å². The Bertz CT molecular complexity index is 497. The van der Waals surface area contributed by atoms with E-state index in [4.69, 9.17) is 5.73 Å². The highest BCUT2D eigenvalue weighted by Gasteiger charge is 2.50. The number of rotatable bonds is 3. The van der Waals surface area contributed by atoms with Crippen LogP contribution in [0.4, 0.5) is 9.18 Å². The summed E-state index contributed by atoms with van der Waals surface area (Å²) in [5.41, 5.74) is 5.99.